The van der Waals surface area contributed by atoms with Crippen LogP contribution in [0.15, 0.2) is 66.3 Å². The fourth-order valence-electron chi connectivity index (χ4n) is 1.89. The summed E-state index contributed by atoms with van der Waals surface area (Å²) in [6.45, 7) is 5.64. The molecule has 0 saturated carbocycles. The molecule has 2 aromatic carbocycles. The minimum atomic E-state index is -0.703. The summed E-state index contributed by atoms with van der Waals surface area (Å²) in [6, 6.07) is 14.2. The average molecular weight is 359 g/mol. The Morgan fingerprint density at radius 1 is 1.28 bits per heavy atom. The van der Waals surface area contributed by atoms with Gasteiger partial charge < -0.3 is 9.47 Å². The first-order valence-electron chi connectivity index (χ1n) is 7.68. The van der Waals surface area contributed by atoms with E-state index in [9.17, 15) is 4.79 Å². The van der Waals surface area contributed by atoms with Crippen LogP contribution in [0.3, 0.4) is 0 Å². The zero-order valence-electron chi connectivity index (χ0n) is 13.8. The van der Waals surface area contributed by atoms with Crippen molar-refractivity contribution in [3.05, 3.63) is 71.8 Å². The maximum absolute atomic E-state index is 12.0. The van der Waals surface area contributed by atoms with Crippen molar-refractivity contribution in [2.75, 3.05) is 6.61 Å². The molecule has 6 heteroatoms. The molecule has 1 N–H and O–H groups in total. The molecule has 0 aliphatic carbocycles. The monoisotopic (exact) mass is 358 g/mol. The van der Waals surface area contributed by atoms with Crippen molar-refractivity contribution in [3.63, 3.8) is 0 Å². The highest BCUT2D eigenvalue weighted by Gasteiger charge is 2.13. The standard InChI is InChI=1S/C19H19ClN2O3/c1-3-12-24-18-7-5-4-6-15(18)13-21-22-19(23)14(2)25-17-10-8-16(20)9-11-17/h3-11,13-14H,1,12H2,2H3,(H,22,23)/b21-13+/t14-/m1/s1. The van der Waals surface area contributed by atoms with Crippen molar-refractivity contribution in [2.24, 2.45) is 5.10 Å². The first kappa shape index (κ1) is 18.5. The zero-order chi connectivity index (χ0) is 18.1. The molecule has 0 aromatic heterocycles. The predicted molar refractivity (Wildman–Crippen MR) is 99.4 cm³/mol. The van der Waals surface area contributed by atoms with Gasteiger partial charge in [-0.2, -0.15) is 5.10 Å². The number of halogens is 1. The smallest absolute Gasteiger partial charge is 0.280 e. The third kappa shape index (κ3) is 5.97. The van der Waals surface area contributed by atoms with E-state index in [-0.39, 0.29) is 5.91 Å². The van der Waals surface area contributed by atoms with Crippen molar-refractivity contribution >= 4 is 23.7 Å². The SMILES string of the molecule is C=CCOc1ccccc1/C=N/NC(=O)[C@@H](C)Oc1ccc(Cl)cc1. The predicted octanol–water partition coefficient (Wildman–Crippen LogP) is 3.82. The van der Waals surface area contributed by atoms with Crippen LogP contribution in [0.4, 0.5) is 0 Å². The molecule has 0 unspecified atom stereocenters. The van der Waals surface area contributed by atoms with Crippen molar-refractivity contribution < 1.29 is 14.3 Å². The minimum Gasteiger partial charge on any atom is -0.489 e. The number of rotatable bonds is 8. The largest absolute Gasteiger partial charge is 0.489 e. The Labute approximate surface area is 151 Å². The number of hydrogen-bond donors (Lipinski definition) is 1. The van der Waals surface area contributed by atoms with Gasteiger partial charge in [0.2, 0.25) is 0 Å². The second kappa shape index (κ2) is 9.49. The third-order valence-electron chi connectivity index (χ3n) is 3.15. The van der Waals surface area contributed by atoms with E-state index in [0.717, 1.165) is 5.56 Å². The second-order valence-corrected chi connectivity index (χ2v) is 5.52. The lowest BCUT2D eigenvalue weighted by Crippen LogP contribution is -2.33. The van der Waals surface area contributed by atoms with E-state index in [2.05, 4.69) is 17.1 Å². The summed E-state index contributed by atoms with van der Waals surface area (Å²) in [7, 11) is 0. The molecule has 2 rings (SSSR count). The summed E-state index contributed by atoms with van der Waals surface area (Å²) >= 11 is 5.81. The quantitative estimate of drug-likeness (QED) is 0.443. The highest BCUT2D eigenvalue weighted by atomic mass is 35.5. The first-order chi connectivity index (χ1) is 12.1. The van der Waals surface area contributed by atoms with Crippen LogP contribution >= 0.6 is 11.6 Å². The van der Waals surface area contributed by atoms with Crippen molar-refractivity contribution in [3.8, 4) is 11.5 Å². The van der Waals surface area contributed by atoms with Crippen LogP contribution in [0.25, 0.3) is 0 Å². The van der Waals surface area contributed by atoms with Gasteiger partial charge in [0.25, 0.3) is 5.91 Å². The summed E-state index contributed by atoms with van der Waals surface area (Å²) in [6.07, 6.45) is 2.47. The summed E-state index contributed by atoms with van der Waals surface area (Å²) < 4.78 is 11.1. The van der Waals surface area contributed by atoms with E-state index in [0.29, 0.717) is 23.1 Å². The summed E-state index contributed by atoms with van der Waals surface area (Å²) in [5.74, 6) is 0.848. The topological polar surface area (TPSA) is 59.9 Å². The molecular formula is C19H19ClN2O3. The number of hydrogen-bond acceptors (Lipinski definition) is 4. The van der Waals surface area contributed by atoms with Gasteiger partial charge in [0, 0.05) is 10.6 Å². The molecule has 0 fully saturated rings. The van der Waals surface area contributed by atoms with Gasteiger partial charge >= 0.3 is 0 Å². The van der Waals surface area contributed by atoms with Gasteiger partial charge in [0.15, 0.2) is 6.10 Å². The van der Waals surface area contributed by atoms with Crippen LogP contribution in [0, 0.1) is 0 Å². The summed E-state index contributed by atoms with van der Waals surface area (Å²) in [4.78, 5) is 12.0. The Bertz CT molecular complexity index is 745. The van der Waals surface area contributed by atoms with Crippen LogP contribution < -0.4 is 14.9 Å². The minimum absolute atomic E-state index is 0.365. The Balaban J connectivity index is 1.91. The van der Waals surface area contributed by atoms with Gasteiger partial charge in [-0.15, -0.1) is 0 Å². The molecule has 2 aromatic rings. The number of carbonyl (C=O) groups is 1. The van der Waals surface area contributed by atoms with Gasteiger partial charge in [-0.3, -0.25) is 4.79 Å². The molecule has 0 radical (unpaired) electrons. The number of para-hydroxylation sites is 1. The number of nitrogens with zero attached hydrogens (tertiary/aromatic N) is 1. The summed E-state index contributed by atoms with van der Waals surface area (Å²) in [5, 5.41) is 4.56. The molecule has 25 heavy (non-hydrogen) atoms. The lowest BCUT2D eigenvalue weighted by Gasteiger charge is -2.13. The number of hydrazone groups is 1. The van der Waals surface area contributed by atoms with E-state index in [1.165, 1.54) is 6.21 Å². The van der Waals surface area contributed by atoms with Gasteiger partial charge in [0.05, 0.1) is 6.21 Å². The number of carbonyl (C=O) groups excluding carboxylic acids is 1. The molecule has 0 aliphatic rings. The van der Waals surface area contributed by atoms with E-state index < -0.39 is 6.10 Å². The number of nitrogens with one attached hydrogen (secondary N) is 1. The molecule has 0 saturated heterocycles. The van der Waals surface area contributed by atoms with E-state index >= 15 is 0 Å². The van der Waals surface area contributed by atoms with Crippen molar-refractivity contribution in [2.45, 2.75) is 13.0 Å². The maximum Gasteiger partial charge on any atom is 0.280 e. The highest BCUT2D eigenvalue weighted by molar-refractivity contribution is 6.30. The highest BCUT2D eigenvalue weighted by Crippen LogP contribution is 2.17. The molecule has 130 valence electrons. The molecule has 0 aliphatic heterocycles. The fraction of sp³-hybridized carbons (Fsp3) is 0.158. The normalized spacial score (nSPS) is 11.8. The lowest BCUT2D eigenvalue weighted by atomic mass is 10.2. The van der Waals surface area contributed by atoms with Gasteiger partial charge in [-0.05, 0) is 43.3 Å². The second-order valence-electron chi connectivity index (χ2n) is 5.09. The van der Waals surface area contributed by atoms with Crippen LogP contribution in [0.2, 0.25) is 5.02 Å². The first-order valence-corrected chi connectivity index (χ1v) is 8.06. The Kier molecular flexibility index (Phi) is 7.04. The van der Waals surface area contributed by atoms with Crippen LogP contribution in [-0.2, 0) is 4.79 Å². The third-order valence-corrected chi connectivity index (χ3v) is 3.40. The Morgan fingerprint density at radius 3 is 2.72 bits per heavy atom. The van der Waals surface area contributed by atoms with Crippen LogP contribution in [0.1, 0.15) is 12.5 Å². The molecule has 5 nitrogen and oxygen atoms in total. The molecule has 0 bridgehead atoms. The number of benzene rings is 2. The van der Waals surface area contributed by atoms with Gasteiger partial charge in [-0.25, -0.2) is 5.43 Å². The van der Waals surface area contributed by atoms with Crippen molar-refractivity contribution in [1.29, 1.82) is 0 Å². The fourth-order valence-corrected chi connectivity index (χ4v) is 2.02. The Morgan fingerprint density at radius 2 is 2.00 bits per heavy atom. The lowest BCUT2D eigenvalue weighted by molar-refractivity contribution is -0.127. The average Bonchev–Trinajstić information content (AvgIpc) is 2.62. The number of ether oxygens (including phenoxy) is 2. The van der Waals surface area contributed by atoms with Gasteiger partial charge in [-0.1, -0.05) is 36.4 Å². The van der Waals surface area contributed by atoms with Crippen molar-refractivity contribution in [1.82, 2.24) is 5.43 Å². The van der Waals surface area contributed by atoms with E-state index in [1.54, 1.807) is 37.3 Å². The van der Waals surface area contributed by atoms with E-state index in [1.807, 2.05) is 24.3 Å². The zero-order valence-corrected chi connectivity index (χ0v) is 14.6. The maximum atomic E-state index is 12.0. The Hall–Kier alpha value is -2.79. The molecular weight excluding hydrogens is 340 g/mol. The van der Waals surface area contributed by atoms with E-state index in [4.69, 9.17) is 21.1 Å². The molecule has 1 atom stereocenters. The van der Waals surface area contributed by atoms with Crippen LogP contribution in [0.5, 0.6) is 11.5 Å². The molecule has 0 spiro atoms. The number of amides is 1. The molecule has 0 heterocycles. The van der Waals surface area contributed by atoms with Crippen LogP contribution in [-0.4, -0.2) is 24.8 Å². The summed E-state index contributed by atoms with van der Waals surface area (Å²) in [5.41, 5.74) is 3.20. The molecule has 1 amide bonds. The van der Waals surface area contributed by atoms with Gasteiger partial charge in [0.1, 0.15) is 18.1 Å².